The van der Waals surface area contributed by atoms with Crippen molar-refractivity contribution in [2.45, 2.75) is 30.3 Å². The normalized spacial score (nSPS) is 16.3. The van der Waals surface area contributed by atoms with Crippen molar-refractivity contribution in [2.75, 3.05) is 6.54 Å². The van der Waals surface area contributed by atoms with Crippen molar-refractivity contribution in [2.24, 2.45) is 0 Å². The molecule has 0 radical (unpaired) electrons. The van der Waals surface area contributed by atoms with Crippen molar-refractivity contribution in [1.29, 1.82) is 5.26 Å². The largest absolute Gasteiger partial charge is 0.351 e. The number of amides is 1. The van der Waals surface area contributed by atoms with Crippen molar-refractivity contribution in [1.82, 2.24) is 9.62 Å². The van der Waals surface area contributed by atoms with Crippen LogP contribution < -0.4 is 5.32 Å². The Hall–Kier alpha value is -3.54. The maximum absolute atomic E-state index is 13.2. The Morgan fingerprint density at radius 1 is 1.06 bits per heavy atom. The maximum atomic E-state index is 13.2. The van der Waals surface area contributed by atoms with Gasteiger partial charge < -0.3 is 5.32 Å². The second-order valence-electron chi connectivity index (χ2n) is 7.84. The third kappa shape index (κ3) is 4.95. The van der Waals surface area contributed by atoms with Gasteiger partial charge in [-0.1, -0.05) is 30.3 Å². The van der Waals surface area contributed by atoms with Gasteiger partial charge in [0.05, 0.1) is 16.5 Å². The lowest BCUT2D eigenvalue weighted by Gasteiger charge is -2.23. The highest BCUT2D eigenvalue weighted by atomic mass is 32.2. The molecule has 0 spiro atoms. The van der Waals surface area contributed by atoms with E-state index in [-0.39, 0.29) is 23.9 Å². The highest BCUT2D eigenvalue weighted by Gasteiger charge is 2.39. The lowest BCUT2D eigenvalue weighted by molar-refractivity contribution is -0.124. The number of carbonyl (C=O) groups excluding carboxylic acids is 1. The van der Waals surface area contributed by atoms with Gasteiger partial charge in [-0.15, -0.1) is 0 Å². The number of nitriles is 1. The van der Waals surface area contributed by atoms with Crippen molar-refractivity contribution < 1.29 is 17.6 Å². The van der Waals surface area contributed by atoms with Crippen molar-refractivity contribution in [3.63, 3.8) is 0 Å². The summed E-state index contributed by atoms with van der Waals surface area (Å²) in [6.45, 7) is 0.496. The van der Waals surface area contributed by atoms with E-state index in [1.54, 1.807) is 12.1 Å². The quantitative estimate of drug-likeness (QED) is 0.602. The number of sulfonamides is 1. The lowest BCUT2D eigenvalue weighted by Crippen LogP contribution is -2.45. The second-order valence-corrected chi connectivity index (χ2v) is 9.73. The van der Waals surface area contributed by atoms with Crippen LogP contribution in [0.1, 0.15) is 24.0 Å². The van der Waals surface area contributed by atoms with Gasteiger partial charge in [0.25, 0.3) is 0 Å². The molecule has 0 saturated carbocycles. The van der Waals surface area contributed by atoms with Crippen LogP contribution in [0.3, 0.4) is 0 Å². The molecular weight excluding hydrogens is 441 g/mol. The van der Waals surface area contributed by atoms with E-state index >= 15 is 0 Å². The maximum Gasteiger partial charge on any atom is 0.243 e. The van der Waals surface area contributed by atoms with Crippen molar-refractivity contribution >= 4 is 15.9 Å². The molecule has 1 heterocycles. The van der Waals surface area contributed by atoms with Gasteiger partial charge >= 0.3 is 0 Å². The summed E-state index contributed by atoms with van der Waals surface area (Å²) in [5.74, 6) is -0.880. The van der Waals surface area contributed by atoms with Crippen molar-refractivity contribution in [3.8, 4) is 17.2 Å². The lowest BCUT2D eigenvalue weighted by atomic mass is 10.0. The number of nitrogens with one attached hydrogen (secondary N) is 1. The van der Waals surface area contributed by atoms with Crippen molar-refractivity contribution in [3.05, 3.63) is 89.7 Å². The molecule has 1 N–H and O–H groups in total. The summed E-state index contributed by atoms with van der Waals surface area (Å²) < 4.78 is 40.4. The number of nitrogens with zero attached hydrogens (tertiary/aromatic N) is 2. The fourth-order valence-corrected chi connectivity index (χ4v) is 5.59. The van der Waals surface area contributed by atoms with Crippen LogP contribution in [-0.4, -0.2) is 31.2 Å². The van der Waals surface area contributed by atoms with Crippen LogP contribution in [0.2, 0.25) is 0 Å². The first-order valence-electron chi connectivity index (χ1n) is 10.5. The molecule has 1 unspecified atom stereocenters. The van der Waals surface area contributed by atoms with E-state index in [4.69, 9.17) is 5.26 Å². The van der Waals surface area contributed by atoms with E-state index in [9.17, 15) is 17.6 Å². The highest BCUT2D eigenvalue weighted by Crippen LogP contribution is 2.27. The Kier molecular flexibility index (Phi) is 6.54. The Morgan fingerprint density at radius 2 is 1.79 bits per heavy atom. The average molecular weight is 464 g/mol. The highest BCUT2D eigenvalue weighted by molar-refractivity contribution is 7.89. The summed E-state index contributed by atoms with van der Waals surface area (Å²) in [7, 11) is -3.90. The van der Waals surface area contributed by atoms with Gasteiger partial charge in [-0.05, 0) is 72.0 Å². The third-order valence-corrected chi connectivity index (χ3v) is 7.59. The van der Waals surface area contributed by atoms with E-state index in [1.807, 2.05) is 36.4 Å². The minimum Gasteiger partial charge on any atom is -0.351 e. The van der Waals surface area contributed by atoms with Crippen LogP contribution in [0.15, 0.2) is 77.7 Å². The van der Waals surface area contributed by atoms with Crippen LogP contribution in [0, 0.1) is 17.1 Å². The van der Waals surface area contributed by atoms with Gasteiger partial charge in [-0.3, -0.25) is 4.79 Å². The molecule has 0 aliphatic carbocycles. The second kappa shape index (κ2) is 9.53. The zero-order chi connectivity index (χ0) is 23.4. The van der Waals surface area contributed by atoms with Gasteiger partial charge in [-0.2, -0.15) is 9.57 Å². The molecular formula is C25H22FN3O3S. The number of rotatable bonds is 6. The van der Waals surface area contributed by atoms with E-state index in [1.165, 1.54) is 16.4 Å². The molecule has 4 rings (SSSR count). The molecule has 168 valence electrons. The molecule has 3 aromatic carbocycles. The molecule has 1 aliphatic rings. The minimum atomic E-state index is -3.90. The van der Waals surface area contributed by atoms with Crippen LogP contribution >= 0.6 is 0 Å². The van der Waals surface area contributed by atoms with Gasteiger partial charge in [0, 0.05) is 13.1 Å². The number of hydrogen-bond donors (Lipinski definition) is 1. The summed E-state index contributed by atoms with van der Waals surface area (Å²) >= 11 is 0. The zero-order valence-corrected chi connectivity index (χ0v) is 18.6. The van der Waals surface area contributed by atoms with Crippen LogP contribution in [0.25, 0.3) is 11.1 Å². The summed E-state index contributed by atoms with van der Waals surface area (Å²) in [6.07, 6.45) is 1.00. The van der Waals surface area contributed by atoms with E-state index in [0.29, 0.717) is 18.4 Å². The minimum absolute atomic E-state index is 0.0290. The molecule has 6 nitrogen and oxygen atoms in total. The molecule has 1 fully saturated rings. The molecule has 3 aromatic rings. The summed E-state index contributed by atoms with van der Waals surface area (Å²) in [6, 6.07) is 20.8. The number of benzene rings is 3. The van der Waals surface area contributed by atoms with E-state index in [0.717, 1.165) is 28.8 Å². The number of halogens is 1. The van der Waals surface area contributed by atoms with Crippen LogP contribution in [0.4, 0.5) is 4.39 Å². The fourth-order valence-electron chi connectivity index (χ4n) is 3.94. The average Bonchev–Trinajstić information content (AvgIpc) is 3.34. The predicted molar refractivity (Wildman–Crippen MR) is 122 cm³/mol. The molecule has 1 aliphatic heterocycles. The standard InChI is InChI=1S/C25H22FN3O3S/c26-22-10-12-23(13-11-22)33(31,32)29-14-2-5-24(29)25(30)28-17-19-3-1-4-21(15-19)20-8-6-18(16-27)7-9-20/h1,3-4,6-13,15,24H,2,5,14,17H2,(H,28,30). The summed E-state index contributed by atoms with van der Waals surface area (Å²) in [5, 5.41) is 11.8. The molecule has 0 bridgehead atoms. The fraction of sp³-hybridized carbons (Fsp3) is 0.200. The monoisotopic (exact) mass is 463 g/mol. The Labute approximate surface area is 192 Å². The molecule has 1 amide bonds. The van der Waals surface area contributed by atoms with Gasteiger partial charge in [-0.25, -0.2) is 12.8 Å². The van der Waals surface area contributed by atoms with Gasteiger partial charge in [0.1, 0.15) is 11.9 Å². The summed E-state index contributed by atoms with van der Waals surface area (Å²) in [5.41, 5.74) is 3.36. The predicted octanol–water partition coefficient (Wildman–Crippen LogP) is 3.83. The SMILES string of the molecule is N#Cc1ccc(-c2cccc(CNC(=O)C3CCCN3S(=O)(=O)c3ccc(F)cc3)c2)cc1. The Balaban J connectivity index is 1.45. The number of carbonyl (C=O) groups is 1. The first-order valence-corrected chi connectivity index (χ1v) is 12.0. The van der Waals surface area contributed by atoms with Gasteiger partial charge in [0.2, 0.25) is 15.9 Å². The van der Waals surface area contributed by atoms with Crippen LogP contribution in [-0.2, 0) is 21.4 Å². The molecule has 8 heteroatoms. The first-order chi connectivity index (χ1) is 15.9. The smallest absolute Gasteiger partial charge is 0.243 e. The van der Waals surface area contributed by atoms with Gasteiger partial charge in [0.15, 0.2) is 0 Å². The number of hydrogen-bond acceptors (Lipinski definition) is 4. The molecule has 1 atom stereocenters. The summed E-state index contributed by atoms with van der Waals surface area (Å²) in [4.78, 5) is 12.8. The molecule has 1 saturated heterocycles. The molecule has 33 heavy (non-hydrogen) atoms. The molecule has 0 aromatic heterocycles. The van der Waals surface area contributed by atoms with Crippen LogP contribution in [0.5, 0.6) is 0 Å². The Morgan fingerprint density at radius 3 is 2.48 bits per heavy atom. The zero-order valence-electron chi connectivity index (χ0n) is 17.7. The topological polar surface area (TPSA) is 90.3 Å². The van der Waals surface area contributed by atoms with E-state index < -0.39 is 21.9 Å². The third-order valence-electron chi connectivity index (χ3n) is 5.67. The first kappa shape index (κ1) is 22.6. The van der Waals surface area contributed by atoms with E-state index in [2.05, 4.69) is 11.4 Å². The Bertz CT molecular complexity index is 1300.